The zero-order valence-electron chi connectivity index (χ0n) is 17.5. The van der Waals surface area contributed by atoms with E-state index in [0.717, 1.165) is 23.8 Å². The lowest BCUT2D eigenvalue weighted by molar-refractivity contribution is -0.0218. The lowest BCUT2D eigenvalue weighted by Gasteiger charge is -2.51. The van der Waals surface area contributed by atoms with Crippen LogP contribution < -0.4 is 0 Å². The Morgan fingerprint density at radius 1 is 1.00 bits per heavy atom. The second-order valence-corrected chi connectivity index (χ2v) is 10.2. The highest BCUT2D eigenvalue weighted by molar-refractivity contribution is 5.31. The first-order valence-electron chi connectivity index (χ1n) is 10.5. The molecule has 1 saturated heterocycles. The van der Waals surface area contributed by atoms with Crippen molar-refractivity contribution in [3.8, 4) is 0 Å². The van der Waals surface area contributed by atoms with Gasteiger partial charge in [0.05, 0.1) is 0 Å². The molecule has 0 spiro atoms. The van der Waals surface area contributed by atoms with Crippen molar-refractivity contribution in [2.24, 2.45) is 17.8 Å². The summed E-state index contributed by atoms with van der Waals surface area (Å²) in [5, 5.41) is 0. The summed E-state index contributed by atoms with van der Waals surface area (Å²) >= 11 is 0. The molecule has 1 nitrogen and oxygen atoms in total. The van der Waals surface area contributed by atoms with E-state index in [4.69, 9.17) is 0 Å². The largest absolute Gasteiger partial charge is 0.291 e. The summed E-state index contributed by atoms with van der Waals surface area (Å²) in [6, 6.07) is 12.6. The van der Waals surface area contributed by atoms with Crippen molar-refractivity contribution in [3.05, 3.63) is 35.9 Å². The molecule has 3 unspecified atom stereocenters. The highest BCUT2D eigenvalue weighted by Gasteiger charge is 2.56. The van der Waals surface area contributed by atoms with E-state index in [1.807, 2.05) is 0 Å². The van der Waals surface area contributed by atoms with E-state index in [-0.39, 0.29) is 11.0 Å². The van der Waals surface area contributed by atoms with Crippen LogP contribution in [0.4, 0.5) is 0 Å². The minimum atomic E-state index is 0.240. The molecule has 1 aromatic rings. The van der Waals surface area contributed by atoms with Crippen LogP contribution in [-0.4, -0.2) is 22.5 Å². The summed E-state index contributed by atoms with van der Waals surface area (Å²) in [7, 11) is 0. The van der Waals surface area contributed by atoms with Crippen molar-refractivity contribution in [1.29, 1.82) is 0 Å². The first-order chi connectivity index (χ1) is 11.7. The fourth-order valence-electron chi connectivity index (χ4n) is 6.44. The predicted octanol–water partition coefficient (Wildman–Crippen LogP) is 6.28. The van der Waals surface area contributed by atoms with E-state index in [1.165, 1.54) is 31.2 Å². The van der Waals surface area contributed by atoms with Crippen LogP contribution in [0.2, 0.25) is 0 Å². The third-order valence-electron chi connectivity index (χ3n) is 7.67. The molecule has 1 heterocycles. The smallest absolute Gasteiger partial charge is 0.0170 e. The van der Waals surface area contributed by atoms with Crippen molar-refractivity contribution < 1.29 is 0 Å². The van der Waals surface area contributed by atoms with Crippen molar-refractivity contribution in [1.82, 2.24) is 4.90 Å². The van der Waals surface area contributed by atoms with Gasteiger partial charge in [-0.2, -0.15) is 0 Å². The van der Waals surface area contributed by atoms with Crippen LogP contribution in [0.5, 0.6) is 0 Å². The van der Waals surface area contributed by atoms with Crippen molar-refractivity contribution in [2.45, 2.75) is 97.2 Å². The molecule has 3 rings (SSSR count). The van der Waals surface area contributed by atoms with Gasteiger partial charge in [-0.1, -0.05) is 64.4 Å². The van der Waals surface area contributed by atoms with E-state index in [9.17, 15) is 0 Å². The average Bonchev–Trinajstić information content (AvgIpc) is 2.74. The molecule has 0 aromatic heterocycles. The van der Waals surface area contributed by atoms with Gasteiger partial charge in [0.15, 0.2) is 0 Å². The van der Waals surface area contributed by atoms with Crippen molar-refractivity contribution in [3.63, 3.8) is 0 Å². The Balaban J connectivity index is 2.00. The number of likely N-dealkylation sites (tertiary alicyclic amines) is 1. The van der Waals surface area contributed by atoms with E-state index in [0.29, 0.717) is 6.04 Å². The molecule has 0 bridgehead atoms. The topological polar surface area (TPSA) is 3.24 Å². The summed E-state index contributed by atoms with van der Waals surface area (Å²) in [4.78, 5) is 2.95. The molecule has 0 amide bonds. The van der Waals surface area contributed by atoms with Gasteiger partial charge < -0.3 is 0 Å². The summed E-state index contributed by atoms with van der Waals surface area (Å²) < 4.78 is 0. The average molecular weight is 342 g/mol. The number of benzene rings is 1. The monoisotopic (exact) mass is 341 g/mol. The molecule has 0 radical (unpaired) electrons. The Bertz CT molecular complexity index is 575. The van der Waals surface area contributed by atoms with Gasteiger partial charge in [-0.05, 0) is 63.4 Å². The fourth-order valence-corrected chi connectivity index (χ4v) is 6.44. The first kappa shape index (κ1) is 19.0. The molecule has 140 valence electrons. The van der Waals surface area contributed by atoms with Crippen molar-refractivity contribution in [2.75, 3.05) is 0 Å². The minimum absolute atomic E-state index is 0.240. The summed E-state index contributed by atoms with van der Waals surface area (Å²) in [5.74, 6) is 2.42. The van der Waals surface area contributed by atoms with Gasteiger partial charge in [-0.15, -0.1) is 0 Å². The molecule has 5 atom stereocenters. The molecular weight excluding hydrogens is 302 g/mol. The third-order valence-corrected chi connectivity index (χ3v) is 7.67. The van der Waals surface area contributed by atoms with Crippen LogP contribution in [0.25, 0.3) is 0 Å². The van der Waals surface area contributed by atoms with Crippen LogP contribution >= 0.6 is 0 Å². The summed E-state index contributed by atoms with van der Waals surface area (Å²) in [5.41, 5.74) is 2.01. The Hall–Kier alpha value is -0.820. The Labute approximate surface area is 156 Å². The number of rotatable bonds is 3. The molecular formula is C24H39N. The van der Waals surface area contributed by atoms with Crippen LogP contribution in [0, 0.1) is 17.8 Å². The maximum absolute atomic E-state index is 2.95. The molecule has 1 heteroatoms. The Morgan fingerprint density at radius 2 is 1.64 bits per heavy atom. The molecule has 1 saturated carbocycles. The van der Waals surface area contributed by atoms with E-state index >= 15 is 0 Å². The number of hydrogen-bond donors (Lipinski definition) is 0. The normalized spacial score (nSPS) is 39.0. The Morgan fingerprint density at radius 3 is 2.24 bits per heavy atom. The number of hydrogen-bond acceptors (Lipinski definition) is 1. The third kappa shape index (κ3) is 3.18. The Kier molecular flexibility index (Phi) is 5.10. The first-order valence-corrected chi connectivity index (χ1v) is 10.5. The predicted molar refractivity (Wildman–Crippen MR) is 109 cm³/mol. The summed E-state index contributed by atoms with van der Waals surface area (Å²) in [6.07, 6.45) is 5.47. The number of nitrogens with zero attached hydrogens (tertiary/aromatic N) is 1. The highest BCUT2D eigenvalue weighted by atomic mass is 15.3. The van der Waals surface area contributed by atoms with E-state index in [2.05, 4.69) is 83.7 Å². The highest BCUT2D eigenvalue weighted by Crippen LogP contribution is 2.52. The van der Waals surface area contributed by atoms with Gasteiger partial charge in [-0.25, -0.2) is 0 Å². The lowest BCUT2D eigenvalue weighted by atomic mass is 9.71. The molecule has 1 aliphatic heterocycles. The minimum Gasteiger partial charge on any atom is -0.291 e. The van der Waals surface area contributed by atoms with Crippen LogP contribution in [0.1, 0.15) is 79.7 Å². The van der Waals surface area contributed by atoms with Gasteiger partial charge in [0.2, 0.25) is 0 Å². The molecule has 1 aromatic carbocycles. The van der Waals surface area contributed by atoms with Crippen LogP contribution in [0.3, 0.4) is 0 Å². The lowest BCUT2D eigenvalue weighted by Crippen LogP contribution is -2.57. The van der Waals surface area contributed by atoms with E-state index < -0.39 is 0 Å². The molecule has 1 aliphatic carbocycles. The zero-order valence-corrected chi connectivity index (χ0v) is 17.5. The second-order valence-electron chi connectivity index (χ2n) is 10.2. The quantitative estimate of drug-likeness (QED) is 0.625. The van der Waals surface area contributed by atoms with E-state index in [1.54, 1.807) is 0 Å². The molecule has 25 heavy (non-hydrogen) atoms. The molecule has 2 fully saturated rings. The maximum atomic E-state index is 2.95. The molecule has 0 N–H and O–H groups in total. The standard InChI is InChI=1S/C24H39N/c1-17(2)21-15-11-12-18(3)22(21)25-19(4)24(7,16-23(25,5)6)20-13-9-8-10-14-20/h8-10,13-14,17-19,21-22H,11-12,15-16H2,1-7H3/t18?,19?,21-,22+,24?/m0/s1. The van der Waals surface area contributed by atoms with Gasteiger partial charge in [0, 0.05) is 23.0 Å². The zero-order chi connectivity index (χ0) is 18.4. The van der Waals surface area contributed by atoms with Gasteiger partial charge in [0.1, 0.15) is 0 Å². The van der Waals surface area contributed by atoms with Gasteiger partial charge in [-0.3, -0.25) is 4.90 Å². The van der Waals surface area contributed by atoms with Crippen molar-refractivity contribution >= 4 is 0 Å². The fraction of sp³-hybridized carbons (Fsp3) is 0.750. The maximum Gasteiger partial charge on any atom is 0.0170 e. The van der Waals surface area contributed by atoms with Crippen LogP contribution in [-0.2, 0) is 5.41 Å². The second kappa shape index (κ2) is 6.72. The summed E-state index contributed by atoms with van der Waals surface area (Å²) in [6.45, 7) is 17.4. The molecule has 2 aliphatic rings. The van der Waals surface area contributed by atoms with Gasteiger partial charge >= 0.3 is 0 Å². The SMILES string of the molecule is CC1CCC[C@@H](C(C)C)[C@@H]1N1C(C)C(C)(c2ccccc2)CC1(C)C. The van der Waals surface area contributed by atoms with Gasteiger partial charge in [0.25, 0.3) is 0 Å². The van der Waals surface area contributed by atoms with Crippen LogP contribution in [0.15, 0.2) is 30.3 Å².